The highest BCUT2D eigenvalue weighted by molar-refractivity contribution is 7.99. The molecular formula is C24H18ClN5S. The Labute approximate surface area is 189 Å². The van der Waals surface area contributed by atoms with Gasteiger partial charge in [0.1, 0.15) is 11.5 Å². The molecule has 0 saturated carbocycles. The van der Waals surface area contributed by atoms with Gasteiger partial charge in [0.05, 0.1) is 16.8 Å². The molecule has 0 spiro atoms. The van der Waals surface area contributed by atoms with Gasteiger partial charge in [-0.3, -0.25) is 4.98 Å². The molecule has 0 N–H and O–H groups in total. The molecule has 5 nitrogen and oxygen atoms in total. The van der Waals surface area contributed by atoms with E-state index in [1.54, 1.807) is 30.4 Å². The second-order valence-corrected chi connectivity index (χ2v) is 8.50. The zero-order chi connectivity index (χ0) is 21.2. The summed E-state index contributed by atoms with van der Waals surface area (Å²) in [4.78, 5) is 10.7. The molecule has 2 aromatic carbocycles. The summed E-state index contributed by atoms with van der Waals surface area (Å²) in [5.74, 6) is 0.951. The fraction of sp³-hybridized carbons (Fsp3) is 0.0417. The lowest BCUT2D eigenvalue weighted by molar-refractivity contribution is 0.876. The summed E-state index contributed by atoms with van der Waals surface area (Å²) in [6.07, 6.45) is 9.37. The van der Waals surface area contributed by atoms with Crippen LogP contribution < -0.4 is 0 Å². The second-order valence-electron chi connectivity index (χ2n) is 6.95. The molecule has 3 aromatic heterocycles. The largest absolute Gasteiger partial charge is 0.304 e. The Morgan fingerprint density at radius 3 is 2.39 bits per heavy atom. The first-order valence-corrected chi connectivity index (χ1v) is 10.9. The van der Waals surface area contributed by atoms with Crippen LogP contribution in [-0.2, 0) is 0 Å². The van der Waals surface area contributed by atoms with E-state index in [-0.39, 0.29) is 0 Å². The Morgan fingerprint density at radius 1 is 0.903 bits per heavy atom. The van der Waals surface area contributed by atoms with Crippen LogP contribution in [0.4, 0.5) is 0 Å². The van der Waals surface area contributed by atoms with Crippen LogP contribution in [0.1, 0.15) is 5.82 Å². The first kappa shape index (κ1) is 19.6. The summed E-state index contributed by atoms with van der Waals surface area (Å²) in [7, 11) is 0. The van der Waals surface area contributed by atoms with E-state index in [0.29, 0.717) is 0 Å². The number of halogens is 1. The maximum Gasteiger partial charge on any atom is 0.110 e. The topological polar surface area (TPSA) is 48.5 Å². The van der Waals surface area contributed by atoms with Crippen molar-refractivity contribution in [2.75, 3.05) is 0 Å². The van der Waals surface area contributed by atoms with Crippen molar-refractivity contribution in [1.82, 2.24) is 24.3 Å². The van der Waals surface area contributed by atoms with Crippen molar-refractivity contribution in [3.63, 3.8) is 0 Å². The van der Waals surface area contributed by atoms with Gasteiger partial charge in [0.2, 0.25) is 0 Å². The number of hydrogen-bond donors (Lipinski definition) is 0. The summed E-state index contributed by atoms with van der Waals surface area (Å²) in [6, 6.07) is 20.1. The normalized spacial score (nSPS) is 11.0. The number of pyridine rings is 1. The van der Waals surface area contributed by atoms with Crippen LogP contribution in [0, 0.1) is 6.92 Å². The lowest BCUT2D eigenvalue weighted by atomic mass is 10.1. The molecule has 152 valence electrons. The van der Waals surface area contributed by atoms with Crippen molar-refractivity contribution < 1.29 is 0 Å². The van der Waals surface area contributed by atoms with E-state index in [4.69, 9.17) is 16.7 Å². The molecule has 0 unspecified atom stereocenters. The minimum absolute atomic E-state index is 0.723. The minimum Gasteiger partial charge on any atom is -0.304 e. The van der Waals surface area contributed by atoms with Gasteiger partial charge in [0, 0.05) is 46.0 Å². The van der Waals surface area contributed by atoms with Gasteiger partial charge in [-0.2, -0.15) is 5.10 Å². The lowest BCUT2D eigenvalue weighted by Gasteiger charge is -2.07. The number of nitrogens with zero attached hydrogens (tertiary/aromatic N) is 5. The number of hydrogen-bond acceptors (Lipinski definition) is 4. The molecule has 5 aromatic rings. The van der Waals surface area contributed by atoms with Gasteiger partial charge >= 0.3 is 0 Å². The average molecular weight is 444 g/mol. The summed E-state index contributed by atoms with van der Waals surface area (Å²) in [5.41, 5.74) is 3.94. The van der Waals surface area contributed by atoms with Gasteiger partial charge in [-0.05, 0) is 55.5 Å². The molecule has 3 heterocycles. The lowest BCUT2D eigenvalue weighted by Crippen LogP contribution is -1.96. The van der Waals surface area contributed by atoms with Gasteiger partial charge in [-0.15, -0.1) is 0 Å². The van der Waals surface area contributed by atoms with Gasteiger partial charge in [0.25, 0.3) is 0 Å². The molecule has 0 aliphatic heterocycles. The third-order valence-electron chi connectivity index (χ3n) is 4.88. The Bertz CT molecular complexity index is 1310. The Kier molecular flexibility index (Phi) is 5.32. The smallest absolute Gasteiger partial charge is 0.110 e. The van der Waals surface area contributed by atoms with Gasteiger partial charge in [-0.1, -0.05) is 35.5 Å². The van der Waals surface area contributed by atoms with E-state index in [1.165, 1.54) is 0 Å². The van der Waals surface area contributed by atoms with Gasteiger partial charge in [-0.25, -0.2) is 9.67 Å². The van der Waals surface area contributed by atoms with Crippen LogP contribution in [0.5, 0.6) is 0 Å². The van der Waals surface area contributed by atoms with Crippen molar-refractivity contribution in [2.45, 2.75) is 16.7 Å². The van der Waals surface area contributed by atoms with E-state index < -0.39 is 0 Å². The summed E-state index contributed by atoms with van der Waals surface area (Å²) in [5, 5.41) is 5.61. The van der Waals surface area contributed by atoms with E-state index in [9.17, 15) is 0 Å². The minimum atomic E-state index is 0.723. The summed E-state index contributed by atoms with van der Waals surface area (Å²) in [6.45, 7) is 1.99. The summed E-state index contributed by atoms with van der Waals surface area (Å²) >= 11 is 7.72. The predicted molar refractivity (Wildman–Crippen MR) is 124 cm³/mol. The molecule has 0 atom stereocenters. The molecular weight excluding hydrogens is 426 g/mol. The van der Waals surface area contributed by atoms with Crippen molar-refractivity contribution in [1.29, 1.82) is 0 Å². The van der Waals surface area contributed by atoms with Gasteiger partial charge in [0.15, 0.2) is 0 Å². The number of imidazole rings is 1. The molecule has 0 aliphatic rings. The third kappa shape index (κ3) is 4.13. The molecule has 0 bridgehead atoms. The van der Waals surface area contributed by atoms with Crippen LogP contribution >= 0.6 is 23.4 Å². The van der Waals surface area contributed by atoms with Crippen LogP contribution in [0.25, 0.3) is 22.6 Å². The predicted octanol–water partition coefficient (Wildman–Crippen LogP) is 6.23. The fourth-order valence-corrected chi connectivity index (χ4v) is 4.37. The maximum atomic E-state index is 6.06. The number of aromatic nitrogens is 5. The zero-order valence-electron chi connectivity index (χ0n) is 16.7. The standard InChI is InChI=1S/C24H18ClN5S/c1-17-27-13-14-29(17)20-8-4-18(5-9-20)24-23(31-22-10-6-19(25)7-11-22)16-30(28-24)21-3-2-12-26-15-21/h2-16H,1H3. The molecule has 7 heteroatoms. The highest BCUT2D eigenvalue weighted by atomic mass is 35.5. The Balaban J connectivity index is 1.55. The van der Waals surface area contributed by atoms with Crippen LogP contribution in [0.3, 0.4) is 0 Å². The fourth-order valence-electron chi connectivity index (χ4n) is 3.31. The van der Waals surface area contributed by atoms with Crippen molar-refractivity contribution in [3.8, 4) is 22.6 Å². The molecule has 0 amide bonds. The first-order chi connectivity index (χ1) is 15.2. The number of rotatable bonds is 5. The van der Waals surface area contributed by atoms with Gasteiger partial charge < -0.3 is 4.57 Å². The first-order valence-electron chi connectivity index (χ1n) is 9.72. The van der Waals surface area contributed by atoms with E-state index >= 15 is 0 Å². The highest BCUT2D eigenvalue weighted by Gasteiger charge is 2.14. The zero-order valence-corrected chi connectivity index (χ0v) is 18.3. The van der Waals surface area contributed by atoms with Crippen LogP contribution in [0.15, 0.2) is 101 Å². The van der Waals surface area contributed by atoms with Crippen molar-refractivity contribution >= 4 is 23.4 Å². The number of benzene rings is 2. The Hall–Kier alpha value is -3.35. The number of aryl methyl sites for hydroxylation is 1. The monoisotopic (exact) mass is 443 g/mol. The summed E-state index contributed by atoms with van der Waals surface area (Å²) < 4.78 is 3.93. The second kappa shape index (κ2) is 8.41. The highest BCUT2D eigenvalue weighted by Crippen LogP contribution is 2.36. The quantitative estimate of drug-likeness (QED) is 0.323. The molecule has 5 rings (SSSR count). The van der Waals surface area contributed by atoms with Crippen molar-refractivity contribution in [2.24, 2.45) is 0 Å². The van der Waals surface area contributed by atoms with Crippen molar-refractivity contribution in [3.05, 3.63) is 102 Å². The Morgan fingerprint density at radius 2 is 1.71 bits per heavy atom. The maximum absolute atomic E-state index is 6.06. The molecule has 0 fully saturated rings. The third-order valence-corrected chi connectivity index (χ3v) is 6.16. The molecule has 0 aliphatic carbocycles. The average Bonchev–Trinajstić information content (AvgIpc) is 3.42. The SMILES string of the molecule is Cc1nccn1-c1ccc(-c2nn(-c3cccnc3)cc2Sc2ccc(Cl)cc2)cc1. The molecule has 31 heavy (non-hydrogen) atoms. The van der Waals surface area contributed by atoms with E-state index in [1.807, 2.05) is 60.4 Å². The van der Waals surface area contributed by atoms with Crippen LogP contribution in [0.2, 0.25) is 5.02 Å². The molecule has 0 radical (unpaired) electrons. The van der Waals surface area contributed by atoms with Crippen LogP contribution in [-0.4, -0.2) is 24.3 Å². The van der Waals surface area contributed by atoms with E-state index in [0.717, 1.165) is 43.3 Å². The molecule has 0 saturated heterocycles. The van der Waals surface area contributed by atoms with E-state index in [2.05, 4.69) is 38.8 Å².